The molecule has 21 heavy (non-hydrogen) atoms. The van der Waals surface area contributed by atoms with Gasteiger partial charge >= 0.3 is 0 Å². The minimum absolute atomic E-state index is 0.253. The highest BCUT2D eigenvalue weighted by atomic mass is 28.4. The fourth-order valence-electron chi connectivity index (χ4n) is 2.54. The molecule has 2 rings (SSSR count). The van der Waals surface area contributed by atoms with Crippen molar-refractivity contribution >= 4 is 8.32 Å². The largest absolute Gasteiger partial charge is 0.546 e. The van der Waals surface area contributed by atoms with E-state index in [2.05, 4.69) is 71.1 Å². The Kier molecular flexibility index (Phi) is 4.67. The van der Waals surface area contributed by atoms with Crippen molar-refractivity contribution in [1.29, 1.82) is 0 Å². The number of allylic oxidation sites excluding steroid dienone is 2. The van der Waals surface area contributed by atoms with Crippen LogP contribution in [0.2, 0.25) is 18.1 Å². The van der Waals surface area contributed by atoms with Crippen LogP contribution < -0.4 is 0 Å². The zero-order chi connectivity index (χ0) is 15.7. The normalized spacial score (nSPS) is 20.1. The maximum absolute atomic E-state index is 6.64. The lowest BCUT2D eigenvalue weighted by Crippen LogP contribution is -2.41. The van der Waals surface area contributed by atoms with Gasteiger partial charge < -0.3 is 4.43 Å². The van der Waals surface area contributed by atoms with Crippen LogP contribution in [0.3, 0.4) is 0 Å². The summed E-state index contributed by atoms with van der Waals surface area (Å²) in [5.74, 6) is 1.69. The van der Waals surface area contributed by atoms with Gasteiger partial charge in [0.15, 0.2) is 0 Å². The molecule has 116 valence electrons. The van der Waals surface area contributed by atoms with E-state index in [4.69, 9.17) is 4.43 Å². The second-order valence-corrected chi connectivity index (χ2v) is 12.6. The van der Waals surface area contributed by atoms with Gasteiger partial charge in [-0.2, -0.15) is 0 Å². The van der Waals surface area contributed by atoms with Gasteiger partial charge in [-0.25, -0.2) is 0 Å². The molecule has 0 radical (unpaired) electrons. The summed E-state index contributed by atoms with van der Waals surface area (Å²) >= 11 is 0. The monoisotopic (exact) mass is 302 g/mol. The Morgan fingerprint density at radius 3 is 2.29 bits per heavy atom. The van der Waals surface area contributed by atoms with Crippen LogP contribution in [0.1, 0.15) is 57.1 Å². The van der Waals surface area contributed by atoms with Crippen LogP contribution in [0, 0.1) is 6.92 Å². The number of rotatable bonds is 3. The van der Waals surface area contributed by atoms with Crippen molar-refractivity contribution in [3.8, 4) is 0 Å². The maximum Gasteiger partial charge on any atom is 0.250 e. The molecule has 0 aromatic heterocycles. The molecule has 2 heteroatoms. The van der Waals surface area contributed by atoms with Gasteiger partial charge in [0.1, 0.15) is 0 Å². The summed E-state index contributed by atoms with van der Waals surface area (Å²) in [5, 5.41) is 0.253. The van der Waals surface area contributed by atoms with Crippen molar-refractivity contribution < 1.29 is 4.43 Å². The van der Waals surface area contributed by atoms with Crippen LogP contribution >= 0.6 is 0 Å². The quantitative estimate of drug-likeness (QED) is 0.607. The number of hydrogen-bond donors (Lipinski definition) is 0. The third kappa shape index (κ3) is 3.79. The highest BCUT2D eigenvalue weighted by molar-refractivity contribution is 6.74. The van der Waals surface area contributed by atoms with Gasteiger partial charge in [0.2, 0.25) is 8.32 Å². The molecule has 0 N–H and O–H groups in total. The van der Waals surface area contributed by atoms with Crippen LogP contribution in [0.15, 0.2) is 36.1 Å². The Balaban J connectivity index is 2.24. The minimum Gasteiger partial charge on any atom is -0.546 e. The van der Waals surface area contributed by atoms with E-state index in [0.717, 1.165) is 6.42 Å². The smallest absolute Gasteiger partial charge is 0.250 e. The lowest BCUT2D eigenvalue weighted by molar-refractivity contribution is 0.330. The predicted molar refractivity (Wildman–Crippen MR) is 94.1 cm³/mol. The topological polar surface area (TPSA) is 9.23 Å². The fraction of sp³-hybridized carbons (Fsp3) is 0.579. The maximum atomic E-state index is 6.64. The molecule has 0 saturated heterocycles. The summed E-state index contributed by atoms with van der Waals surface area (Å²) in [6.45, 7) is 13.8. The van der Waals surface area contributed by atoms with Gasteiger partial charge in [-0.1, -0.05) is 50.6 Å². The zero-order valence-corrected chi connectivity index (χ0v) is 15.5. The number of hydrogen-bond acceptors (Lipinski definition) is 1. The van der Waals surface area contributed by atoms with E-state index in [1.54, 1.807) is 0 Å². The molecule has 0 aliphatic heterocycles. The van der Waals surface area contributed by atoms with Gasteiger partial charge in [0, 0.05) is 5.92 Å². The molecule has 0 unspecified atom stereocenters. The van der Waals surface area contributed by atoms with E-state index >= 15 is 0 Å². The van der Waals surface area contributed by atoms with Crippen LogP contribution in [0.5, 0.6) is 0 Å². The minimum atomic E-state index is -1.75. The Hall–Kier alpha value is -1.02. The van der Waals surface area contributed by atoms with Crippen LogP contribution in [0.25, 0.3) is 0 Å². The summed E-state index contributed by atoms with van der Waals surface area (Å²) in [4.78, 5) is 0. The van der Waals surface area contributed by atoms with Gasteiger partial charge in [-0.05, 0) is 56.0 Å². The first-order chi connectivity index (χ1) is 9.71. The molecule has 0 fully saturated rings. The van der Waals surface area contributed by atoms with E-state index in [1.807, 2.05) is 0 Å². The third-order valence-electron chi connectivity index (χ3n) is 5.04. The molecule has 1 aliphatic carbocycles. The molecule has 0 heterocycles. The summed E-state index contributed by atoms with van der Waals surface area (Å²) in [7, 11) is -1.75. The molecular weight excluding hydrogens is 272 g/mol. The molecule has 0 amide bonds. The third-order valence-corrected chi connectivity index (χ3v) is 9.40. The first kappa shape index (κ1) is 16.3. The fourth-order valence-corrected chi connectivity index (χ4v) is 3.66. The Labute approximate surface area is 131 Å². The number of aryl methyl sites for hydroxylation is 1. The second-order valence-electron chi connectivity index (χ2n) is 7.86. The molecule has 0 saturated carbocycles. The SMILES string of the molecule is Cc1ccc([C@H]2CCCC=C2O[Si](C)(C)C(C)(C)C)cc1. The highest BCUT2D eigenvalue weighted by Gasteiger charge is 2.40. The average molecular weight is 303 g/mol. The van der Waals surface area contributed by atoms with E-state index in [0.29, 0.717) is 5.92 Å². The average Bonchev–Trinajstić information content (AvgIpc) is 2.39. The first-order valence-electron chi connectivity index (χ1n) is 8.16. The van der Waals surface area contributed by atoms with Crippen LogP contribution in [-0.2, 0) is 4.43 Å². The van der Waals surface area contributed by atoms with Crippen molar-refractivity contribution in [2.24, 2.45) is 0 Å². The van der Waals surface area contributed by atoms with Crippen molar-refractivity contribution in [3.05, 3.63) is 47.2 Å². The standard InChI is InChI=1S/C19H30OSi/c1-15-11-13-16(14-12-15)17-9-7-8-10-18(17)20-21(5,6)19(2,3)4/h10-14,17H,7-9H2,1-6H3/t17-/m1/s1. The molecule has 1 aromatic carbocycles. The highest BCUT2D eigenvalue weighted by Crippen LogP contribution is 2.42. The Morgan fingerprint density at radius 2 is 1.71 bits per heavy atom. The van der Waals surface area contributed by atoms with Crippen molar-refractivity contribution in [2.75, 3.05) is 0 Å². The lowest BCUT2D eigenvalue weighted by Gasteiger charge is -2.40. The molecule has 1 nitrogen and oxygen atoms in total. The zero-order valence-electron chi connectivity index (χ0n) is 14.5. The summed E-state index contributed by atoms with van der Waals surface area (Å²) in [6, 6.07) is 8.98. The van der Waals surface area contributed by atoms with E-state index in [-0.39, 0.29) is 5.04 Å². The van der Waals surface area contributed by atoms with Gasteiger partial charge in [0.05, 0.1) is 5.76 Å². The van der Waals surface area contributed by atoms with E-state index in [1.165, 1.54) is 29.7 Å². The lowest BCUT2D eigenvalue weighted by atomic mass is 9.87. The Morgan fingerprint density at radius 1 is 1.10 bits per heavy atom. The van der Waals surface area contributed by atoms with Gasteiger partial charge in [-0.3, -0.25) is 0 Å². The molecule has 1 aliphatic rings. The summed E-state index contributed by atoms with van der Waals surface area (Å²) in [5.41, 5.74) is 2.73. The van der Waals surface area contributed by atoms with Crippen molar-refractivity contribution in [1.82, 2.24) is 0 Å². The van der Waals surface area contributed by atoms with Crippen LogP contribution in [-0.4, -0.2) is 8.32 Å². The van der Waals surface area contributed by atoms with Gasteiger partial charge in [0.25, 0.3) is 0 Å². The number of benzene rings is 1. The molecule has 0 bridgehead atoms. The van der Waals surface area contributed by atoms with Crippen molar-refractivity contribution in [2.45, 2.75) is 71.0 Å². The second kappa shape index (κ2) is 6.00. The predicted octanol–water partition coefficient (Wildman–Crippen LogP) is 6.17. The van der Waals surface area contributed by atoms with Crippen LogP contribution in [0.4, 0.5) is 0 Å². The van der Waals surface area contributed by atoms with E-state index in [9.17, 15) is 0 Å². The van der Waals surface area contributed by atoms with E-state index < -0.39 is 8.32 Å². The molecular formula is C19H30OSi. The summed E-state index contributed by atoms with van der Waals surface area (Å²) < 4.78 is 6.64. The van der Waals surface area contributed by atoms with Gasteiger partial charge in [-0.15, -0.1) is 0 Å². The molecule has 1 atom stereocenters. The summed E-state index contributed by atoms with van der Waals surface area (Å²) in [6.07, 6.45) is 5.98. The van der Waals surface area contributed by atoms with Crippen molar-refractivity contribution in [3.63, 3.8) is 0 Å². The Bertz CT molecular complexity index is 505. The molecule has 0 spiro atoms. The first-order valence-corrected chi connectivity index (χ1v) is 11.1. The molecule has 1 aromatic rings.